The van der Waals surface area contributed by atoms with Gasteiger partial charge in [0, 0.05) is 5.69 Å². The summed E-state index contributed by atoms with van der Waals surface area (Å²) in [5.74, 6) is -2.99. The lowest BCUT2D eigenvalue weighted by atomic mass is 10.1. The standard InChI is InChI=1S/C13H15N3O5/c1-7-8(2)15-13(9(7)3-14)10(17)4-16(5-11(18)19)6-12(20)21/h15H,4-6H2,1-2H3,(H,18,19)(H,20,21). The van der Waals surface area contributed by atoms with E-state index in [-0.39, 0.29) is 11.3 Å². The Hall–Kier alpha value is -2.66. The molecule has 8 nitrogen and oxygen atoms in total. The molecule has 0 aromatic carbocycles. The molecule has 0 bridgehead atoms. The third-order valence-electron chi connectivity index (χ3n) is 2.98. The van der Waals surface area contributed by atoms with E-state index in [9.17, 15) is 14.4 Å². The minimum absolute atomic E-state index is 0.0771. The molecular weight excluding hydrogens is 278 g/mol. The summed E-state index contributed by atoms with van der Waals surface area (Å²) in [4.78, 5) is 37.3. The number of carboxylic acid groups (broad SMARTS) is 2. The third-order valence-corrected chi connectivity index (χ3v) is 2.98. The number of carboxylic acids is 2. The van der Waals surface area contributed by atoms with Gasteiger partial charge in [-0.05, 0) is 19.4 Å². The molecule has 0 radical (unpaired) electrons. The van der Waals surface area contributed by atoms with Crippen molar-refractivity contribution in [3.8, 4) is 6.07 Å². The topological polar surface area (TPSA) is 134 Å². The number of carbonyl (C=O) groups excluding carboxylic acids is 1. The zero-order valence-corrected chi connectivity index (χ0v) is 11.6. The SMILES string of the molecule is Cc1[nH]c(C(=O)CN(CC(=O)O)CC(=O)O)c(C#N)c1C. The molecule has 112 valence electrons. The zero-order valence-electron chi connectivity index (χ0n) is 11.6. The maximum atomic E-state index is 12.2. The lowest BCUT2D eigenvalue weighted by molar-refractivity contribution is -0.141. The Morgan fingerprint density at radius 2 is 1.67 bits per heavy atom. The van der Waals surface area contributed by atoms with Gasteiger partial charge in [0.15, 0.2) is 5.78 Å². The van der Waals surface area contributed by atoms with E-state index < -0.39 is 37.4 Å². The lowest BCUT2D eigenvalue weighted by Gasteiger charge is -2.16. The van der Waals surface area contributed by atoms with Gasteiger partial charge in [-0.2, -0.15) is 5.26 Å². The number of aliphatic carboxylic acids is 2. The van der Waals surface area contributed by atoms with E-state index in [0.717, 1.165) is 4.90 Å². The van der Waals surface area contributed by atoms with E-state index in [4.69, 9.17) is 15.5 Å². The van der Waals surface area contributed by atoms with Crippen molar-refractivity contribution in [2.24, 2.45) is 0 Å². The molecule has 0 spiro atoms. The number of nitriles is 1. The van der Waals surface area contributed by atoms with Crippen LogP contribution in [-0.2, 0) is 9.59 Å². The number of rotatable bonds is 7. The molecule has 8 heteroatoms. The fourth-order valence-electron chi connectivity index (χ4n) is 1.90. The number of nitrogens with one attached hydrogen (secondary N) is 1. The van der Waals surface area contributed by atoms with Gasteiger partial charge in [-0.25, -0.2) is 0 Å². The van der Waals surface area contributed by atoms with Crippen molar-refractivity contribution in [1.82, 2.24) is 9.88 Å². The smallest absolute Gasteiger partial charge is 0.317 e. The van der Waals surface area contributed by atoms with E-state index >= 15 is 0 Å². The molecule has 1 aromatic rings. The van der Waals surface area contributed by atoms with Gasteiger partial charge in [-0.3, -0.25) is 19.3 Å². The van der Waals surface area contributed by atoms with Crippen molar-refractivity contribution in [1.29, 1.82) is 5.26 Å². The van der Waals surface area contributed by atoms with Gasteiger partial charge in [0.05, 0.1) is 25.2 Å². The molecule has 0 amide bonds. The number of hydrogen-bond donors (Lipinski definition) is 3. The van der Waals surface area contributed by atoms with Crippen LogP contribution < -0.4 is 0 Å². The zero-order chi connectivity index (χ0) is 16.2. The van der Waals surface area contributed by atoms with E-state index in [1.807, 2.05) is 6.07 Å². The van der Waals surface area contributed by atoms with Crippen molar-refractivity contribution in [2.75, 3.05) is 19.6 Å². The predicted octanol–water partition coefficient (Wildman–Crippen LogP) is 0.157. The number of nitrogens with zero attached hydrogens (tertiary/aromatic N) is 2. The molecule has 1 aromatic heterocycles. The van der Waals surface area contributed by atoms with Gasteiger partial charge >= 0.3 is 11.9 Å². The minimum Gasteiger partial charge on any atom is -0.480 e. The van der Waals surface area contributed by atoms with Crippen LogP contribution in [0.2, 0.25) is 0 Å². The average molecular weight is 293 g/mol. The quantitative estimate of drug-likeness (QED) is 0.609. The molecule has 0 saturated carbocycles. The number of carbonyl (C=O) groups is 3. The monoisotopic (exact) mass is 293 g/mol. The summed E-state index contributed by atoms with van der Waals surface area (Å²) in [6.07, 6.45) is 0. The number of H-pyrrole nitrogens is 1. The molecule has 0 fully saturated rings. The number of hydrogen-bond acceptors (Lipinski definition) is 5. The third kappa shape index (κ3) is 4.15. The van der Waals surface area contributed by atoms with Crippen LogP contribution in [-0.4, -0.2) is 57.5 Å². The Morgan fingerprint density at radius 3 is 2.10 bits per heavy atom. The number of aromatic amines is 1. The second-order valence-corrected chi connectivity index (χ2v) is 4.59. The van der Waals surface area contributed by atoms with Gasteiger partial charge < -0.3 is 15.2 Å². The van der Waals surface area contributed by atoms with E-state index in [2.05, 4.69) is 4.98 Å². The largest absolute Gasteiger partial charge is 0.480 e. The molecular formula is C13H15N3O5. The Balaban J connectivity index is 2.97. The highest BCUT2D eigenvalue weighted by molar-refractivity contribution is 5.99. The highest BCUT2D eigenvalue weighted by Crippen LogP contribution is 2.17. The average Bonchev–Trinajstić information content (AvgIpc) is 2.63. The first-order valence-electron chi connectivity index (χ1n) is 6.04. The van der Waals surface area contributed by atoms with Crippen LogP contribution in [0.1, 0.15) is 27.3 Å². The summed E-state index contributed by atoms with van der Waals surface area (Å²) in [6.45, 7) is 1.86. The first kappa shape index (κ1) is 16.4. The highest BCUT2D eigenvalue weighted by atomic mass is 16.4. The molecule has 0 saturated heterocycles. The van der Waals surface area contributed by atoms with Gasteiger partial charge in [0.25, 0.3) is 0 Å². The molecule has 0 unspecified atom stereocenters. The van der Waals surface area contributed by atoms with Crippen LogP contribution in [0.5, 0.6) is 0 Å². The van der Waals surface area contributed by atoms with Crippen molar-refractivity contribution < 1.29 is 24.6 Å². The fraction of sp³-hybridized carbons (Fsp3) is 0.385. The second-order valence-electron chi connectivity index (χ2n) is 4.59. The van der Waals surface area contributed by atoms with Crippen molar-refractivity contribution in [2.45, 2.75) is 13.8 Å². The highest BCUT2D eigenvalue weighted by Gasteiger charge is 2.22. The van der Waals surface area contributed by atoms with Crippen molar-refractivity contribution in [3.63, 3.8) is 0 Å². The van der Waals surface area contributed by atoms with Crippen LogP contribution in [0.4, 0.5) is 0 Å². The van der Waals surface area contributed by atoms with E-state index in [0.29, 0.717) is 11.3 Å². The number of aryl methyl sites for hydroxylation is 1. The molecule has 1 rings (SSSR count). The van der Waals surface area contributed by atoms with Crippen LogP contribution >= 0.6 is 0 Å². The Labute approximate surface area is 120 Å². The predicted molar refractivity (Wildman–Crippen MR) is 71.0 cm³/mol. The molecule has 1 heterocycles. The van der Waals surface area contributed by atoms with E-state index in [1.54, 1.807) is 13.8 Å². The van der Waals surface area contributed by atoms with Gasteiger partial charge in [-0.15, -0.1) is 0 Å². The van der Waals surface area contributed by atoms with Gasteiger partial charge in [0.2, 0.25) is 0 Å². The molecule has 21 heavy (non-hydrogen) atoms. The molecule has 0 aliphatic rings. The van der Waals surface area contributed by atoms with Crippen molar-refractivity contribution in [3.05, 3.63) is 22.5 Å². The summed E-state index contributed by atoms with van der Waals surface area (Å²) >= 11 is 0. The van der Waals surface area contributed by atoms with E-state index in [1.165, 1.54) is 0 Å². The molecule has 0 aliphatic carbocycles. The Morgan fingerprint density at radius 1 is 1.14 bits per heavy atom. The Bertz CT molecular complexity index is 610. The summed E-state index contributed by atoms with van der Waals surface area (Å²) in [7, 11) is 0. The minimum atomic E-state index is -1.23. The van der Waals surface area contributed by atoms with Crippen LogP contribution in [0.25, 0.3) is 0 Å². The maximum Gasteiger partial charge on any atom is 0.317 e. The molecule has 0 aliphatic heterocycles. The van der Waals surface area contributed by atoms with Crippen molar-refractivity contribution >= 4 is 17.7 Å². The summed E-state index contributed by atoms with van der Waals surface area (Å²) in [5.41, 5.74) is 1.58. The second kappa shape index (κ2) is 6.67. The number of aromatic nitrogens is 1. The van der Waals surface area contributed by atoms with Gasteiger partial charge in [0.1, 0.15) is 11.8 Å². The first-order chi connectivity index (χ1) is 9.76. The maximum absolute atomic E-state index is 12.2. The lowest BCUT2D eigenvalue weighted by Crippen LogP contribution is -2.38. The number of Topliss-reactive ketones (excluding diaryl/α,β-unsaturated/α-hetero) is 1. The summed E-state index contributed by atoms with van der Waals surface area (Å²) < 4.78 is 0. The first-order valence-corrected chi connectivity index (χ1v) is 6.04. The normalized spacial score (nSPS) is 10.4. The van der Waals surface area contributed by atoms with Crippen LogP contribution in [0.3, 0.4) is 0 Å². The van der Waals surface area contributed by atoms with Crippen LogP contribution in [0, 0.1) is 25.2 Å². The van der Waals surface area contributed by atoms with Crippen LogP contribution in [0.15, 0.2) is 0 Å². The summed E-state index contributed by atoms with van der Waals surface area (Å²) in [5, 5.41) is 26.5. The summed E-state index contributed by atoms with van der Waals surface area (Å²) in [6, 6.07) is 1.92. The number of ketones is 1. The molecule has 0 atom stereocenters. The molecule has 3 N–H and O–H groups in total. The van der Waals surface area contributed by atoms with Gasteiger partial charge in [-0.1, -0.05) is 0 Å². The fourth-order valence-corrected chi connectivity index (χ4v) is 1.90. The Kier molecular flexibility index (Phi) is 5.21.